The van der Waals surface area contributed by atoms with Crippen molar-refractivity contribution < 1.29 is 23.7 Å². The molecule has 1 fully saturated rings. The fourth-order valence-corrected chi connectivity index (χ4v) is 3.08. The van der Waals surface area contributed by atoms with Gasteiger partial charge in [-0.05, 0) is 34.9 Å². The molecule has 0 atom stereocenters. The number of ether oxygens (including phenoxy) is 4. The first-order valence-corrected chi connectivity index (χ1v) is 8.39. The molecule has 1 heterocycles. The topological polar surface area (TPSA) is 80.0 Å². The molecule has 2 aromatic carbocycles. The van der Waals surface area contributed by atoms with Crippen LogP contribution in [0.4, 0.5) is 4.79 Å². The maximum Gasteiger partial charge on any atom is 0.404 e. The Labute approximate surface area is 146 Å². The third-order valence-corrected chi connectivity index (χ3v) is 4.36. The second-order valence-corrected chi connectivity index (χ2v) is 6.04. The molecule has 25 heavy (non-hydrogen) atoms. The molecule has 2 aromatic rings. The summed E-state index contributed by atoms with van der Waals surface area (Å²) >= 11 is 0. The summed E-state index contributed by atoms with van der Waals surface area (Å²) in [6.45, 7) is 1.49. The number of nitrogens with two attached hydrogens (primary N) is 1. The Morgan fingerprint density at radius 2 is 2.04 bits per heavy atom. The number of hydrogen-bond acceptors (Lipinski definition) is 5. The second kappa shape index (κ2) is 8.18. The minimum Gasteiger partial charge on any atom is -0.497 e. The Morgan fingerprint density at radius 3 is 2.76 bits per heavy atom. The van der Waals surface area contributed by atoms with Crippen molar-refractivity contribution in [3.8, 4) is 5.75 Å². The third-order valence-electron chi connectivity index (χ3n) is 4.36. The molecule has 1 amide bonds. The number of rotatable bonds is 6. The van der Waals surface area contributed by atoms with Crippen molar-refractivity contribution in [1.82, 2.24) is 0 Å². The van der Waals surface area contributed by atoms with Gasteiger partial charge in [-0.15, -0.1) is 0 Å². The smallest absolute Gasteiger partial charge is 0.404 e. The van der Waals surface area contributed by atoms with Gasteiger partial charge < -0.3 is 24.7 Å². The number of benzene rings is 2. The van der Waals surface area contributed by atoms with Crippen LogP contribution in [0.3, 0.4) is 0 Å². The first kappa shape index (κ1) is 17.5. The molecule has 1 aliphatic heterocycles. The molecule has 0 saturated carbocycles. The van der Waals surface area contributed by atoms with Gasteiger partial charge in [0.25, 0.3) is 0 Å². The summed E-state index contributed by atoms with van der Waals surface area (Å²) in [5.74, 6) is 1.04. The van der Waals surface area contributed by atoms with Crippen LogP contribution >= 0.6 is 0 Å². The number of primary amides is 1. The fraction of sp³-hybridized carbons (Fsp3) is 0.421. The number of carbonyl (C=O) groups excluding carboxylic acids is 1. The lowest BCUT2D eigenvalue weighted by Crippen LogP contribution is -2.31. The molecule has 134 valence electrons. The maximum absolute atomic E-state index is 10.5. The number of methoxy groups -OCH3 is 1. The summed E-state index contributed by atoms with van der Waals surface area (Å²) in [6.07, 6.45) is 0.319. The quantitative estimate of drug-likeness (QED) is 0.813. The van der Waals surface area contributed by atoms with Crippen LogP contribution in [0, 0.1) is 0 Å². The average molecular weight is 345 g/mol. The molecule has 0 bridgehead atoms. The van der Waals surface area contributed by atoms with Gasteiger partial charge in [0.1, 0.15) is 5.75 Å². The van der Waals surface area contributed by atoms with E-state index in [-0.39, 0.29) is 18.8 Å². The number of hydrogen-bond donors (Lipinski definition) is 1. The summed E-state index contributed by atoms with van der Waals surface area (Å²) in [4.78, 5) is 10.5. The van der Waals surface area contributed by atoms with Crippen molar-refractivity contribution in [2.75, 3.05) is 26.9 Å². The van der Waals surface area contributed by atoms with Gasteiger partial charge in [0.05, 0.1) is 26.9 Å². The Bertz CT molecular complexity index is 725. The van der Waals surface area contributed by atoms with E-state index in [1.807, 2.05) is 18.2 Å². The van der Waals surface area contributed by atoms with Gasteiger partial charge >= 0.3 is 6.09 Å². The Kier molecular flexibility index (Phi) is 5.73. The van der Waals surface area contributed by atoms with Gasteiger partial charge in [-0.1, -0.05) is 24.3 Å². The van der Waals surface area contributed by atoms with E-state index in [9.17, 15) is 4.79 Å². The molecule has 0 spiro atoms. The highest BCUT2D eigenvalue weighted by atomic mass is 16.7. The molecule has 0 aromatic heterocycles. The zero-order valence-electron chi connectivity index (χ0n) is 14.3. The van der Waals surface area contributed by atoms with Gasteiger partial charge in [0.2, 0.25) is 0 Å². The Morgan fingerprint density at radius 1 is 1.24 bits per heavy atom. The Hall–Kier alpha value is -2.31. The fourth-order valence-electron chi connectivity index (χ4n) is 3.08. The van der Waals surface area contributed by atoms with E-state index in [4.69, 9.17) is 24.7 Å². The average Bonchev–Trinajstić information content (AvgIpc) is 2.64. The first-order chi connectivity index (χ1) is 12.2. The molecule has 2 N–H and O–H groups in total. The molecule has 6 heteroatoms. The molecule has 0 unspecified atom stereocenters. The molecule has 1 saturated heterocycles. The minimum atomic E-state index is -0.752. The molecule has 3 rings (SSSR count). The second-order valence-electron chi connectivity index (χ2n) is 6.04. The van der Waals surface area contributed by atoms with Crippen LogP contribution in [0.1, 0.15) is 24.3 Å². The van der Waals surface area contributed by atoms with Crippen LogP contribution in [-0.4, -0.2) is 39.3 Å². The minimum absolute atomic E-state index is 0.190. The van der Waals surface area contributed by atoms with Gasteiger partial charge in [-0.3, -0.25) is 0 Å². The molecule has 6 nitrogen and oxygen atoms in total. The summed E-state index contributed by atoms with van der Waals surface area (Å²) < 4.78 is 21.7. The highest BCUT2D eigenvalue weighted by Gasteiger charge is 2.24. The highest BCUT2D eigenvalue weighted by molar-refractivity contribution is 5.87. The zero-order chi connectivity index (χ0) is 17.6. The first-order valence-electron chi connectivity index (χ1n) is 8.39. The summed E-state index contributed by atoms with van der Waals surface area (Å²) in [5.41, 5.74) is 6.14. The number of amides is 1. The lowest BCUT2D eigenvalue weighted by Gasteiger charge is -2.30. The standard InChI is InChI=1S/C19H23NO5/c1-22-15-7-8-17-13(10-15)4-2-5-16(17)14-11-24-18(25-12-14)6-3-9-23-19(20)21/h2,4-5,7-8,10,14,18H,3,6,9,11-12H2,1H3,(H2,20,21). The normalized spacial score (nSPS) is 20.4. The monoisotopic (exact) mass is 345 g/mol. The van der Waals surface area contributed by atoms with E-state index in [2.05, 4.69) is 18.2 Å². The van der Waals surface area contributed by atoms with Crippen molar-refractivity contribution in [1.29, 1.82) is 0 Å². The molecule has 0 radical (unpaired) electrons. The lowest BCUT2D eigenvalue weighted by atomic mass is 9.94. The van der Waals surface area contributed by atoms with Gasteiger partial charge in [0.15, 0.2) is 6.29 Å². The highest BCUT2D eigenvalue weighted by Crippen LogP contribution is 2.31. The molecule has 1 aliphatic rings. The van der Waals surface area contributed by atoms with E-state index in [0.717, 1.165) is 11.1 Å². The predicted octanol–water partition coefficient (Wildman–Crippen LogP) is 3.18. The van der Waals surface area contributed by atoms with Gasteiger partial charge in [0, 0.05) is 12.3 Å². The lowest BCUT2D eigenvalue weighted by molar-refractivity contribution is -0.190. The predicted molar refractivity (Wildman–Crippen MR) is 93.7 cm³/mol. The van der Waals surface area contributed by atoms with Crippen molar-refractivity contribution in [2.24, 2.45) is 5.73 Å². The van der Waals surface area contributed by atoms with E-state index < -0.39 is 6.09 Å². The van der Waals surface area contributed by atoms with Gasteiger partial charge in [-0.2, -0.15) is 0 Å². The van der Waals surface area contributed by atoms with Crippen molar-refractivity contribution in [3.05, 3.63) is 42.0 Å². The summed E-state index contributed by atoms with van der Waals surface area (Å²) in [6, 6.07) is 12.3. The van der Waals surface area contributed by atoms with Crippen LogP contribution < -0.4 is 10.5 Å². The van der Waals surface area contributed by atoms with Crippen LogP contribution in [0.2, 0.25) is 0 Å². The summed E-state index contributed by atoms with van der Waals surface area (Å²) in [5, 5.41) is 2.33. The van der Waals surface area contributed by atoms with Crippen LogP contribution in [-0.2, 0) is 14.2 Å². The van der Waals surface area contributed by atoms with E-state index >= 15 is 0 Å². The third kappa shape index (κ3) is 4.41. The summed E-state index contributed by atoms with van der Waals surface area (Å²) in [7, 11) is 1.67. The van der Waals surface area contributed by atoms with Crippen molar-refractivity contribution >= 4 is 16.9 Å². The number of fused-ring (bicyclic) bond motifs is 1. The Balaban J connectivity index is 1.59. The molecular formula is C19H23NO5. The largest absolute Gasteiger partial charge is 0.497 e. The maximum atomic E-state index is 10.5. The SMILES string of the molecule is COc1ccc2c(C3COC(CCCOC(N)=O)OC3)cccc2c1. The van der Waals surface area contributed by atoms with E-state index in [1.54, 1.807) is 7.11 Å². The van der Waals surface area contributed by atoms with Crippen LogP contribution in [0.25, 0.3) is 10.8 Å². The van der Waals surface area contributed by atoms with E-state index in [0.29, 0.717) is 26.1 Å². The van der Waals surface area contributed by atoms with Crippen LogP contribution in [0.5, 0.6) is 5.75 Å². The zero-order valence-corrected chi connectivity index (χ0v) is 14.3. The van der Waals surface area contributed by atoms with Crippen molar-refractivity contribution in [2.45, 2.75) is 25.0 Å². The van der Waals surface area contributed by atoms with Crippen molar-refractivity contribution in [3.63, 3.8) is 0 Å². The van der Waals surface area contributed by atoms with Gasteiger partial charge in [-0.25, -0.2) is 4.79 Å². The number of carbonyl (C=O) groups is 1. The van der Waals surface area contributed by atoms with E-state index in [1.165, 1.54) is 10.9 Å². The molecule has 0 aliphatic carbocycles. The van der Waals surface area contributed by atoms with Crippen LogP contribution in [0.15, 0.2) is 36.4 Å². The molecular weight excluding hydrogens is 322 g/mol.